The lowest BCUT2D eigenvalue weighted by atomic mass is 10.2. The fraction of sp³-hybridized carbons (Fsp3) is 0.529. The Labute approximate surface area is 159 Å². The lowest BCUT2D eigenvalue weighted by molar-refractivity contribution is -0.123. The van der Waals surface area contributed by atoms with Gasteiger partial charge in [-0.15, -0.1) is 0 Å². The normalized spacial score (nSPS) is 12.6. The molecule has 0 aliphatic heterocycles. The molecule has 0 aromatic heterocycles. The zero-order chi connectivity index (χ0) is 19.6. The molecule has 0 fully saturated rings. The van der Waals surface area contributed by atoms with Gasteiger partial charge in [-0.1, -0.05) is 18.2 Å². The van der Waals surface area contributed by atoms with Crippen molar-refractivity contribution < 1.29 is 18.0 Å². The highest BCUT2D eigenvalue weighted by Gasteiger charge is 2.25. The van der Waals surface area contributed by atoms with Crippen LogP contribution in [0.2, 0.25) is 0 Å². The van der Waals surface area contributed by atoms with Crippen LogP contribution < -0.4 is 15.4 Å². The van der Waals surface area contributed by atoms with E-state index in [-0.39, 0.29) is 29.8 Å². The molecule has 0 radical (unpaired) electrons. The van der Waals surface area contributed by atoms with Gasteiger partial charge in [-0.05, 0) is 44.4 Å². The second-order valence-electron chi connectivity index (χ2n) is 6.03. The summed E-state index contributed by atoms with van der Waals surface area (Å²) < 4.78 is 27.4. The van der Waals surface area contributed by atoms with E-state index in [0.717, 1.165) is 0 Å². The van der Waals surface area contributed by atoms with Crippen molar-refractivity contribution in [3.63, 3.8) is 0 Å². The molecular weight excluding hydrogens is 374 g/mol. The number of benzene rings is 1. The predicted molar refractivity (Wildman–Crippen MR) is 104 cm³/mol. The Balaban J connectivity index is 2.67. The highest BCUT2D eigenvalue weighted by atomic mass is 32.2. The Bertz CT molecular complexity index is 679. The molecule has 1 aromatic rings. The van der Waals surface area contributed by atoms with Crippen molar-refractivity contribution in [3.05, 3.63) is 30.3 Å². The monoisotopic (exact) mass is 401 g/mol. The first-order chi connectivity index (χ1) is 12.3. The predicted octanol–water partition coefficient (Wildman–Crippen LogP) is 1.12. The number of carbonyl (C=O) groups excluding carboxylic acids is 2. The standard InChI is InChI=1S/C17H27N3O4S2/c1-13(2)19-16(21)9-11-18-17(22)15(10-12-25-3)20-26(23,24)14-7-5-4-6-8-14/h4-8,13,15,20H,9-12H2,1-3H3,(H,18,22)(H,19,21). The van der Waals surface area contributed by atoms with E-state index in [0.29, 0.717) is 12.2 Å². The molecule has 0 heterocycles. The minimum atomic E-state index is -3.79. The van der Waals surface area contributed by atoms with E-state index in [4.69, 9.17) is 0 Å². The summed E-state index contributed by atoms with van der Waals surface area (Å²) in [5, 5.41) is 5.37. The first-order valence-corrected chi connectivity index (χ1v) is 11.3. The van der Waals surface area contributed by atoms with Crippen LogP contribution in [0.25, 0.3) is 0 Å². The largest absolute Gasteiger partial charge is 0.354 e. The van der Waals surface area contributed by atoms with Crippen molar-refractivity contribution in [2.45, 2.75) is 43.7 Å². The third-order valence-corrected chi connectivity index (χ3v) is 5.51. The second kappa shape index (κ2) is 11.2. The van der Waals surface area contributed by atoms with E-state index >= 15 is 0 Å². The van der Waals surface area contributed by atoms with Gasteiger partial charge in [0.15, 0.2) is 0 Å². The molecule has 26 heavy (non-hydrogen) atoms. The summed E-state index contributed by atoms with van der Waals surface area (Å²) in [6.45, 7) is 3.86. The number of carbonyl (C=O) groups is 2. The smallest absolute Gasteiger partial charge is 0.241 e. The van der Waals surface area contributed by atoms with E-state index in [1.165, 1.54) is 23.9 Å². The molecule has 0 aliphatic carbocycles. The van der Waals surface area contributed by atoms with E-state index in [1.807, 2.05) is 20.1 Å². The van der Waals surface area contributed by atoms with Crippen LogP contribution in [0.1, 0.15) is 26.7 Å². The molecule has 1 unspecified atom stereocenters. The van der Waals surface area contributed by atoms with Crippen molar-refractivity contribution in [2.24, 2.45) is 0 Å². The Hall–Kier alpha value is -1.58. The number of sulfonamides is 1. The van der Waals surface area contributed by atoms with Gasteiger partial charge in [0, 0.05) is 19.0 Å². The van der Waals surface area contributed by atoms with Gasteiger partial charge in [0.25, 0.3) is 0 Å². The van der Waals surface area contributed by atoms with Crippen molar-refractivity contribution >= 4 is 33.6 Å². The van der Waals surface area contributed by atoms with Gasteiger partial charge in [0.05, 0.1) is 4.90 Å². The molecular formula is C17H27N3O4S2. The summed E-state index contributed by atoms with van der Waals surface area (Å²) in [6, 6.07) is 7.06. The third kappa shape index (κ3) is 8.20. The van der Waals surface area contributed by atoms with Crippen molar-refractivity contribution in [3.8, 4) is 0 Å². The van der Waals surface area contributed by atoms with Crippen LogP contribution in [0.4, 0.5) is 0 Å². The van der Waals surface area contributed by atoms with Gasteiger partial charge < -0.3 is 10.6 Å². The first kappa shape index (κ1) is 22.5. The Morgan fingerprint density at radius 2 is 1.81 bits per heavy atom. The molecule has 2 amide bonds. The van der Waals surface area contributed by atoms with Crippen molar-refractivity contribution in [2.75, 3.05) is 18.6 Å². The van der Waals surface area contributed by atoms with E-state index in [9.17, 15) is 18.0 Å². The number of hydrogen-bond acceptors (Lipinski definition) is 5. The Morgan fingerprint density at radius 1 is 1.15 bits per heavy atom. The number of hydrogen-bond donors (Lipinski definition) is 3. The molecule has 9 heteroatoms. The average molecular weight is 402 g/mol. The molecule has 0 spiro atoms. The third-order valence-electron chi connectivity index (χ3n) is 3.38. The van der Waals surface area contributed by atoms with Crippen LogP contribution in [0.5, 0.6) is 0 Å². The number of nitrogens with one attached hydrogen (secondary N) is 3. The second-order valence-corrected chi connectivity index (χ2v) is 8.73. The van der Waals surface area contributed by atoms with Gasteiger partial charge in [0.1, 0.15) is 6.04 Å². The molecule has 146 valence electrons. The van der Waals surface area contributed by atoms with Crippen LogP contribution >= 0.6 is 11.8 Å². The molecule has 3 N–H and O–H groups in total. The summed E-state index contributed by atoms with van der Waals surface area (Å²) in [6.07, 6.45) is 2.39. The number of thioether (sulfide) groups is 1. The maximum atomic E-state index is 12.5. The summed E-state index contributed by atoms with van der Waals surface area (Å²) in [5.41, 5.74) is 0. The maximum absolute atomic E-state index is 12.5. The maximum Gasteiger partial charge on any atom is 0.241 e. The van der Waals surface area contributed by atoms with Gasteiger partial charge in [-0.3, -0.25) is 9.59 Å². The zero-order valence-corrected chi connectivity index (χ0v) is 17.0. The average Bonchev–Trinajstić information content (AvgIpc) is 2.58. The van der Waals surface area contributed by atoms with E-state index < -0.39 is 22.0 Å². The minimum Gasteiger partial charge on any atom is -0.354 e. The molecule has 0 saturated carbocycles. The highest BCUT2D eigenvalue weighted by molar-refractivity contribution is 7.98. The van der Waals surface area contributed by atoms with Crippen LogP contribution in [0.15, 0.2) is 35.2 Å². The van der Waals surface area contributed by atoms with Crippen molar-refractivity contribution in [1.82, 2.24) is 15.4 Å². The molecule has 0 aliphatic rings. The van der Waals surface area contributed by atoms with Crippen molar-refractivity contribution in [1.29, 1.82) is 0 Å². The number of rotatable bonds is 11. The molecule has 7 nitrogen and oxygen atoms in total. The molecule has 1 rings (SSSR count). The quantitative estimate of drug-likeness (QED) is 0.515. The fourth-order valence-corrected chi connectivity index (χ4v) is 3.87. The fourth-order valence-electron chi connectivity index (χ4n) is 2.15. The van der Waals surface area contributed by atoms with E-state index in [2.05, 4.69) is 15.4 Å². The molecule has 0 saturated heterocycles. The van der Waals surface area contributed by atoms with Gasteiger partial charge >= 0.3 is 0 Å². The van der Waals surface area contributed by atoms with Crippen LogP contribution in [0.3, 0.4) is 0 Å². The number of amides is 2. The lowest BCUT2D eigenvalue weighted by Gasteiger charge is -2.18. The zero-order valence-electron chi connectivity index (χ0n) is 15.3. The lowest BCUT2D eigenvalue weighted by Crippen LogP contribution is -2.47. The Morgan fingerprint density at radius 3 is 2.38 bits per heavy atom. The minimum absolute atomic E-state index is 0.0326. The van der Waals surface area contributed by atoms with E-state index in [1.54, 1.807) is 18.2 Å². The molecule has 1 aromatic carbocycles. The summed E-state index contributed by atoms with van der Waals surface area (Å²) in [7, 11) is -3.79. The van der Waals surface area contributed by atoms with Crippen LogP contribution in [-0.2, 0) is 19.6 Å². The van der Waals surface area contributed by atoms with Crippen LogP contribution in [-0.4, -0.2) is 50.9 Å². The SMILES string of the molecule is CSCCC(NS(=O)(=O)c1ccccc1)C(=O)NCCC(=O)NC(C)C. The molecule has 0 bridgehead atoms. The summed E-state index contributed by atoms with van der Waals surface area (Å²) >= 11 is 1.53. The summed E-state index contributed by atoms with van der Waals surface area (Å²) in [4.78, 5) is 24.1. The summed E-state index contributed by atoms with van der Waals surface area (Å²) in [5.74, 6) is 0.0326. The Kier molecular flexibility index (Phi) is 9.68. The van der Waals surface area contributed by atoms with Gasteiger partial charge in [-0.2, -0.15) is 16.5 Å². The van der Waals surface area contributed by atoms with Gasteiger partial charge in [0.2, 0.25) is 21.8 Å². The topological polar surface area (TPSA) is 104 Å². The first-order valence-electron chi connectivity index (χ1n) is 8.39. The van der Waals surface area contributed by atoms with Crippen LogP contribution in [0, 0.1) is 0 Å². The molecule has 1 atom stereocenters. The highest BCUT2D eigenvalue weighted by Crippen LogP contribution is 2.10. The van der Waals surface area contributed by atoms with Gasteiger partial charge in [-0.25, -0.2) is 8.42 Å².